The number of anilines is 2. The molecule has 3 aromatic carbocycles. The summed E-state index contributed by atoms with van der Waals surface area (Å²) in [7, 11) is 0. The molecule has 0 spiro atoms. The number of alkyl halides is 2. The minimum absolute atomic E-state index is 0.0132. The predicted octanol–water partition coefficient (Wildman–Crippen LogP) is 5.23. The van der Waals surface area contributed by atoms with Gasteiger partial charge >= 0.3 is 12.6 Å². The van der Waals surface area contributed by atoms with Crippen LogP contribution in [0.5, 0.6) is 6.01 Å². The maximum absolute atomic E-state index is 16.9. The molecule has 0 radical (unpaired) electrons. The average molecular weight is 645 g/mol. The van der Waals surface area contributed by atoms with E-state index >= 15 is 4.39 Å². The molecule has 3 fully saturated rings. The van der Waals surface area contributed by atoms with Gasteiger partial charge in [0, 0.05) is 53.7 Å². The highest BCUT2D eigenvalue weighted by molar-refractivity contribution is 6.04. The van der Waals surface area contributed by atoms with Crippen molar-refractivity contribution in [3.8, 4) is 29.5 Å². The van der Waals surface area contributed by atoms with Gasteiger partial charge in [-0.05, 0) is 61.0 Å². The average Bonchev–Trinajstić information content (AvgIpc) is 3.70. The lowest BCUT2D eigenvalue weighted by Gasteiger charge is -2.35. The van der Waals surface area contributed by atoms with E-state index in [0.29, 0.717) is 59.3 Å². The predicted molar refractivity (Wildman–Crippen MR) is 171 cm³/mol. The number of aromatic nitrogens is 2. The molecule has 4 atom stereocenters. The Bertz CT molecular complexity index is 1970. The molecule has 0 amide bonds. The molecule has 5 heterocycles. The lowest BCUT2D eigenvalue weighted by molar-refractivity contribution is -0.159. The molecular formula is C35H32F4N6O2. The first-order valence-electron chi connectivity index (χ1n) is 15.7. The lowest BCUT2D eigenvalue weighted by Crippen LogP contribution is -2.52. The topological polar surface area (TPSA) is 88.8 Å². The second-order valence-corrected chi connectivity index (χ2v) is 12.8. The number of nitrogens with one attached hydrogen (secondary N) is 1. The van der Waals surface area contributed by atoms with Crippen molar-refractivity contribution in [3.63, 3.8) is 0 Å². The van der Waals surface area contributed by atoms with Crippen molar-refractivity contribution < 1.29 is 27.0 Å². The number of nitrogen functional groups attached to an aromatic ring is 1. The van der Waals surface area contributed by atoms with E-state index in [2.05, 4.69) is 38.2 Å². The molecule has 4 unspecified atom stereocenters. The van der Waals surface area contributed by atoms with E-state index in [9.17, 15) is 13.2 Å². The van der Waals surface area contributed by atoms with E-state index in [-0.39, 0.29) is 41.3 Å². The zero-order chi connectivity index (χ0) is 32.4. The van der Waals surface area contributed by atoms with Gasteiger partial charge in [-0.2, -0.15) is 18.7 Å². The first-order chi connectivity index (χ1) is 22.7. The standard InChI is InChI=1S/C35H32F4N6O2/c1-2-24-28(36)9-4-19-12-20(40)13-27(29(19)24)25-7-8-26-31(30(25)37)42-34(43-32(26)44-15-21-5-6-22(16-44)41-21)46-18-35-10-3-11-45(35)17-23(14-35)47-33(38)39/h1,4-9,12-13,21-23,33,41H,3,10-11,14-18,40H2. The Hall–Kier alpha value is -4.44. The highest BCUT2D eigenvalue weighted by Gasteiger charge is 2.50. The Morgan fingerprint density at radius 3 is 2.64 bits per heavy atom. The molecule has 8 nitrogen and oxygen atoms in total. The van der Waals surface area contributed by atoms with Crippen LogP contribution in [0.15, 0.2) is 48.6 Å². The second-order valence-electron chi connectivity index (χ2n) is 12.8. The second kappa shape index (κ2) is 11.4. The Labute approximate surface area is 268 Å². The number of nitrogens with two attached hydrogens (primary N) is 1. The van der Waals surface area contributed by atoms with Crippen LogP contribution in [0.3, 0.4) is 0 Å². The van der Waals surface area contributed by atoms with Gasteiger partial charge in [0.2, 0.25) is 0 Å². The number of rotatable bonds is 7. The quantitative estimate of drug-likeness (QED) is 0.122. The van der Waals surface area contributed by atoms with E-state index in [4.69, 9.17) is 26.6 Å². The van der Waals surface area contributed by atoms with Crippen molar-refractivity contribution in [2.45, 2.75) is 49.6 Å². The number of hydrogen-bond donors (Lipinski definition) is 2. The summed E-state index contributed by atoms with van der Waals surface area (Å²) in [5.74, 6) is 1.69. The van der Waals surface area contributed by atoms with E-state index in [0.717, 1.165) is 19.4 Å². The zero-order valence-electron chi connectivity index (χ0n) is 25.4. The van der Waals surface area contributed by atoms with Crippen LogP contribution in [-0.2, 0) is 4.74 Å². The van der Waals surface area contributed by atoms with E-state index in [1.807, 2.05) is 0 Å². The van der Waals surface area contributed by atoms with Crippen molar-refractivity contribution in [2.75, 3.05) is 43.4 Å². The Kier molecular flexibility index (Phi) is 7.24. The van der Waals surface area contributed by atoms with Crippen LogP contribution in [0.1, 0.15) is 24.8 Å². The first kappa shape index (κ1) is 29.9. The third-order valence-electron chi connectivity index (χ3n) is 9.97. The first-order valence-corrected chi connectivity index (χ1v) is 15.7. The van der Waals surface area contributed by atoms with Gasteiger partial charge in [0.1, 0.15) is 23.8 Å². The van der Waals surface area contributed by atoms with Gasteiger partial charge in [0.15, 0.2) is 5.82 Å². The van der Waals surface area contributed by atoms with Gasteiger partial charge in [-0.3, -0.25) is 4.90 Å². The fourth-order valence-corrected chi connectivity index (χ4v) is 7.96. The SMILES string of the molecule is C#Cc1c(F)ccc2cc(N)cc(-c3ccc4c(N5CC6C=CC(C5)N6)nc(OCC56CCCN5CC(OC(F)F)C6)nc4c3F)c12. The van der Waals surface area contributed by atoms with Crippen molar-refractivity contribution in [1.82, 2.24) is 20.2 Å². The molecule has 242 valence electrons. The van der Waals surface area contributed by atoms with Crippen molar-refractivity contribution in [1.29, 1.82) is 0 Å². The van der Waals surface area contributed by atoms with Gasteiger partial charge < -0.3 is 25.4 Å². The summed E-state index contributed by atoms with van der Waals surface area (Å²) < 4.78 is 69.0. The normalized spacial score (nSPS) is 25.3. The fourth-order valence-electron chi connectivity index (χ4n) is 7.96. The Balaban J connectivity index is 1.23. The van der Waals surface area contributed by atoms with Crippen molar-refractivity contribution in [2.24, 2.45) is 0 Å². The minimum Gasteiger partial charge on any atom is -0.461 e. The smallest absolute Gasteiger partial charge is 0.345 e. The number of terminal acetylenes is 1. The lowest BCUT2D eigenvalue weighted by atomic mass is 9.92. The molecule has 4 aliphatic rings. The number of halogens is 4. The minimum atomic E-state index is -2.85. The maximum atomic E-state index is 16.9. The fraction of sp³-hybridized carbons (Fsp3) is 0.371. The Morgan fingerprint density at radius 2 is 1.87 bits per heavy atom. The van der Waals surface area contributed by atoms with Gasteiger partial charge in [0.05, 0.1) is 17.2 Å². The number of hydrogen-bond acceptors (Lipinski definition) is 8. The van der Waals surface area contributed by atoms with Crippen LogP contribution < -0.4 is 20.7 Å². The van der Waals surface area contributed by atoms with Crippen LogP contribution >= 0.6 is 0 Å². The summed E-state index contributed by atoms with van der Waals surface area (Å²) in [4.78, 5) is 13.6. The monoisotopic (exact) mass is 644 g/mol. The summed E-state index contributed by atoms with van der Waals surface area (Å²) in [6.07, 6.45) is 11.4. The molecule has 3 saturated heterocycles. The summed E-state index contributed by atoms with van der Waals surface area (Å²) >= 11 is 0. The molecule has 4 aromatic rings. The highest BCUT2D eigenvalue weighted by atomic mass is 19.3. The highest BCUT2D eigenvalue weighted by Crippen LogP contribution is 2.42. The number of piperazine rings is 1. The van der Waals surface area contributed by atoms with Gasteiger partial charge in [-0.15, -0.1) is 6.42 Å². The largest absolute Gasteiger partial charge is 0.461 e. The van der Waals surface area contributed by atoms with Gasteiger partial charge in [-0.1, -0.05) is 30.2 Å². The molecular weight excluding hydrogens is 612 g/mol. The summed E-state index contributed by atoms with van der Waals surface area (Å²) in [5.41, 5.74) is 6.62. The van der Waals surface area contributed by atoms with Crippen LogP contribution in [-0.4, -0.2) is 78.0 Å². The summed E-state index contributed by atoms with van der Waals surface area (Å²) in [5, 5.41) is 4.95. The zero-order valence-corrected chi connectivity index (χ0v) is 25.4. The molecule has 4 aliphatic heterocycles. The maximum Gasteiger partial charge on any atom is 0.345 e. The van der Waals surface area contributed by atoms with Crippen LogP contribution in [0.4, 0.5) is 29.1 Å². The molecule has 8 rings (SSSR count). The molecule has 12 heteroatoms. The summed E-state index contributed by atoms with van der Waals surface area (Å²) in [6.45, 7) is -0.356. The third kappa shape index (κ3) is 5.13. The Morgan fingerprint density at radius 1 is 1.06 bits per heavy atom. The van der Waals surface area contributed by atoms with Gasteiger partial charge in [0.25, 0.3) is 0 Å². The van der Waals surface area contributed by atoms with Crippen LogP contribution in [0.25, 0.3) is 32.8 Å². The van der Waals surface area contributed by atoms with Crippen LogP contribution in [0, 0.1) is 24.0 Å². The molecule has 3 N–H and O–H groups in total. The van der Waals surface area contributed by atoms with Gasteiger partial charge in [-0.25, -0.2) is 8.78 Å². The van der Waals surface area contributed by atoms with E-state index in [1.54, 1.807) is 30.3 Å². The van der Waals surface area contributed by atoms with E-state index in [1.165, 1.54) is 6.07 Å². The van der Waals surface area contributed by atoms with E-state index < -0.39 is 29.9 Å². The third-order valence-corrected chi connectivity index (χ3v) is 9.97. The van der Waals surface area contributed by atoms with Crippen molar-refractivity contribution in [3.05, 3.63) is 65.7 Å². The number of nitrogens with zero attached hydrogens (tertiary/aromatic N) is 4. The van der Waals surface area contributed by atoms with Crippen molar-refractivity contribution >= 4 is 33.2 Å². The molecule has 0 aliphatic carbocycles. The van der Waals surface area contributed by atoms with Crippen LogP contribution in [0.2, 0.25) is 0 Å². The molecule has 2 bridgehead atoms. The number of benzene rings is 3. The molecule has 0 saturated carbocycles. The molecule has 1 aromatic heterocycles. The molecule has 47 heavy (non-hydrogen) atoms. The summed E-state index contributed by atoms with van der Waals surface area (Å²) in [6, 6.07) is 9.67. The number of fused-ring (bicyclic) bond motifs is 5. The number of ether oxygens (including phenoxy) is 2.